The van der Waals surface area contributed by atoms with E-state index in [1.165, 1.54) is 0 Å². The summed E-state index contributed by atoms with van der Waals surface area (Å²) in [6, 6.07) is 0. The Morgan fingerprint density at radius 3 is 2.37 bits per heavy atom. The van der Waals surface area contributed by atoms with Crippen molar-refractivity contribution in [3.8, 4) is 0 Å². The Bertz CT molecular complexity index is 363. The van der Waals surface area contributed by atoms with Gasteiger partial charge in [-0.3, -0.25) is 9.59 Å². The maximum Gasteiger partial charge on any atom is 0.310 e. The second kappa shape index (κ2) is 6.70. The number of carboxylic acids is 1. The predicted octanol–water partition coefficient (Wildman–Crippen LogP) is 1.46. The molecule has 0 aromatic heterocycles. The van der Waals surface area contributed by atoms with Gasteiger partial charge in [0.15, 0.2) is 0 Å². The molecule has 0 aliphatic heterocycles. The summed E-state index contributed by atoms with van der Waals surface area (Å²) in [5.41, 5.74) is 0. The van der Waals surface area contributed by atoms with Crippen LogP contribution in [-0.4, -0.2) is 34.9 Å². The smallest absolute Gasteiger partial charge is 0.310 e. The summed E-state index contributed by atoms with van der Waals surface area (Å²) in [6.07, 6.45) is 3.20. The van der Waals surface area contributed by atoms with E-state index < -0.39 is 35.8 Å². The van der Waals surface area contributed by atoms with E-state index >= 15 is 0 Å². The molecule has 1 aliphatic carbocycles. The van der Waals surface area contributed by atoms with Crippen LogP contribution in [0.4, 0.5) is 0 Å². The van der Waals surface area contributed by atoms with E-state index in [-0.39, 0.29) is 12.5 Å². The molecule has 5 nitrogen and oxygen atoms in total. The molecule has 1 aliphatic rings. The van der Waals surface area contributed by atoms with Gasteiger partial charge >= 0.3 is 11.9 Å². The molecule has 0 radical (unpaired) electrons. The molecule has 0 fully saturated rings. The van der Waals surface area contributed by atoms with E-state index in [2.05, 4.69) is 0 Å². The second-order valence-electron chi connectivity index (χ2n) is 4.94. The molecular formula is C14H22O5. The largest absolute Gasteiger partial charge is 0.481 e. The van der Waals surface area contributed by atoms with Gasteiger partial charge in [-0.25, -0.2) is 0 Å². The third kappa shape index (κ3) is 3.35. The van der Waals surface area contributed by atoms with Gasteiger partial charge in [0.25, 0.3) is 0 Å². The maximum absolute atomic E-state index is 12.0. The molecule has 108 valence electrons. The zero-order chi connectivity index (χ0) is 14.6. The second-order valence-corrected chi connectivity index (χ2v) is 4.94. The minimum Gasteiger partial charge on any atom is -0.481 e. The normalized spacial score (nSPS) is 31.8. The molecule has 1 rings (SSSR count). The Hall–Kier alpha value is -1.36. The van der Waals surface area contributed by atoms with Gasteiger partial charge in [0.1, 0.15) is 0 Å². The Labute approximate surface area is 113 Å². The van der Waals surface area contributed by atoms with Crippen molar-refractivity contribution in [2.75, 3.05) is 6.61 Å². The highest BCUT2D eigenvalue weighted by Gasteiger charge is 2.46. The molecular weight excluding hydrogens is 248 g/mol. The fourth-order valence-electron chi connectivity index (χ4n) is 2.67. The molecule has 0 saturated heterocycles. The highest BCUT2D eigenvalue weighted by Crippen LogP contribution is 2.37. The Morgan fingerprint density at radius 2 is 1.89 bits per heavy atom. The minimum absolute atomic E-state index is 0.208. The maximum atomic E-state index is 12.0. The number of hydrogen-bond donors (Lipinski definition) is 2. The minimum atomic E-state index is -1.06. The van der Waals surface area contributed by atoms with Gasteiger partial charge in [0.05, 0.1) is 24.5 Å². The Balaban J connectivity index is 3.09. The molecule has 0 amide bonds. The van der Waals surface area contributed by atoms with Gasteiger partial charge in [0.2, 0.25) is 0 Å². The number of rotatable bonds is 5. The fourth-order valence-corrected chi connectivity index (χ4v) is 2.67. The topological polar surface area (TPSA) is 83.8 Å². The van der Waals surface area contributed by atoms with E-state index in [1.807, 2.05) is 0 Å². The first-order chi connectivity index (χ1) is 8.93. The number of esters is 1. The SMILES string of the molecule is CCOC(=O)[C@@H]1[C@@H](C(=O)O)[C@H]([C@@H](O)CC)C=C[C@@H]1C. The molecule has 0 bridgehead atoms. The van der Waals surface area contributed by atoms with Crippen molar-refractivity contribution in [1.29, 1.82) is 0 Å². The number of carbonyl (C=O) groups excluding carboxylic acids is 1. The lowest BCUT2D eigenvalue weighted by Crippen LogP contribution is -2.45. The Kier molecular flexibility index (Phi) is 5.54. The molecule has 0 heterocycles. The number of hydrogen-bond acceptors (Lipinski definition) is 4. The molecule has 2 N–H and O–H groups in total. The van der Waals surface area contributed by atoms with Crippen LogP contribution >= 0.6 is 0 Å². The van der Waals surface area contributed by atoms with Crippen molar-refractivity contribution in [3.05, 3.63) is 12.2 Å². The molecule has 19 heavy (non-hydrogen) atoms. The van der Waals surface area contributed by atoms with Crippen molar-refractivity contribution in [3.63, 3.8) is 0 Å². The zero-order valence-electron chi connectivity index (χ0n) is 11.6. The molecule has 0 spiro atoms. The van der Waals surface area contributed by atoms with Crippen LogP contribution in [0.5, 0.6) is 0 Å². The number of aliphatic hydroxyl groups excluding tert-OH is 1. The summed E-state index contributed by atoms with van der Waals surface area (Å²) >= 11 is 0. The number of carbonyl (C=O) groups is 2. The number of aliphatic hydroxyl groups is 1. The highest BCUT2D eigenvalue weighted by molar-refractivity contribution is 5.82. The van der Waals surface area contributed by atoms with Crippen molar-refractivity contribution >= 4 is 11.9 Å². The lowest BCUT2D eigenvalue weighted by molar-refractivity contribution is -0.163. The summed E-state index contributed by atoms with van der Waals surface area (Å²) in [5, 5.41) is 19.4. The quantitative estimate of drug-likeness (QED) is 0.583. The summed E-state index contributed by atoms with van der Waals surface area (Å²) < 4.78 is 4.98. The summed E-state index contributed by atoms with van der Waals surface area (Å²) in [5.74, 6) is -4.00. The van der Waals surface area contributed by atoms with Crippen LogP contribution in [0.25, 0.3) is 0 Å². The van der Waals surface area contributed by atoms with Crippen LogP contribution in [0.2, 0.25) is 0 Å². The molecule has 0 saturated carbocycles. The monoisotopic (exact) mass is 270 g/mol. The lowest BCUT2D eigenvalue weighted by Gasteiger charge is -2.36. The van der Waals surface area contributed by atoms with E-state index in [0.717, 1.165) is 0 Å². The number of carboxylic acid groups (broad SMARTS) is 1. The number of allylic oxidation sites excluding steroid dienone is 1. The van der Waals surface area contributed by atoms with Gasteiger partial charge in [-0.2, -0.15) is 0 Å². The van der Waals surface area contributed by atoms with Crippen molar-refractivity contribution in [2.24, 2.45) is 23.7 Å². The van der Waals surface area contributed by atoms with E-state index in [1.54, 1.807) is 32.9 Å². The average molecular weight is 270 g/mol. The van der Waals surface area contributed by atoms with Gasteiger partial charge in [-0.15, -0.1) is 0 Å². The third-order valence-electron chi connectivity index (χ3n) is 3.71. The summed E-state index contributed by atoms with van der Waals surface area (Å²) in [6.45, 7) is 5.49. The first-order valence-corrected chi connectivity index (χ1v) is 6.69. The number of aliphatic carboxylic acids is 1. The molecule has 5 heteroatoms. The molecule has 0 aromatic rings. The van der Waals surface area contributed by atoms with Gasteiger partial charge in [0, 0.05) is 5.92 Å². The van der Waals surface area contributed by atoms with Crippen molar-refractivity contribution in [1.82, 2.24) is 0 Å². The molecule has 0 unspecified atom stereocenters. The number of ether oxygens (including phenoxy) is 1. The van der Waals surface area contributed by atoms with E-state index in [0.29, 0.717) is 6.42 Å². The predicted molar refractivity (Wildman–Crippen MR) is 69.3 cm³/mol. The Morgan fingerprint density at radius 1 is 1.26 bits per heavy atom. The van der Waals surface area contributed by atoms with Crippen molar-refractivity contribution in [2.45, 2.75) is 33.3 Å². The zero-order valence-corrected chi connectivity index (χ0v) is 11.6. The molecule has 0 aromatic carbocycles. The van der Waals surface area contributed by atoms with Crippen LogP contribution in [0.3, 0.4) is 0 Å². The van der Waals surface area contributed by atoms with E-state index in [4.69, 9.17) is 4.74 Å². The standard InChI is InChI=1S/C14H22O5/c1-4-10(15)9-7-6-8(3)11(12(9)13(16)17)14(18)19-5-2/h6-12,15H,4-5H2,1-3H3,(H,16,17)/t8-,9-,10-,11-,12-/m0/s1. The third-order valence-corrected chi connectivity index (χ3v) is 3.71. The summed E-state index contributed by atoms with van der Waals surface area (Å²) in [4.78, 5) is 23.5. The van der Waals surface area contributed by atoms with Gasteiger partial charge in [-0.05, 0) is 19.3 Å². The lowest BCUT2D eigenvalue weighted by atomic mass is 9.69. The first-order valence-electron chi connectivity index (χ1n) is 6.69. The van der Waals surface area contributed by atoms with Crippen molar-refractivity contribution < 1.29 is 24.5 Å². The van der Waals surface area contributed by atoms with Crippen LogP contribution in [0, 0.1) is 23.7 Å². The van der Waals surface area contributed by atoms with Crippen LogP contribution in [-0.2, 0) is 14.3 Å². The van der Waals surface area contributed by atoms with E-state index in [9.17, 15) is 19.8 Å². The summed E-state index contributed by atoms with van der Waals surface area (Å²) in [7, 11) is 0. The van der Waals surface area contributed by atoms with Gasteiger partial charge < -0.3 is 14.9 Å². The highest BCUT2D eigenvalue weighted by atomic mass is 16.5. The van der Waals surface area contributed by atoms with Crippen LogP contribution in [0.1, 0.15) is 27.2 Å². The van der Waals surface area contributed by atoms with Gasteiger partial charge in [-0.1, -0.05) is 26.0 Å². The first kappa shape index (κ1) is 15.7. The fraction of sp³-hybridized carbons (Fsp3) is 0.714. The average Bonchev–Trinajstić information content (AvgIpc) is 2.37. The molecule has 5 atom stereocenters. The van der Waals surface area contributed by atoms with Crippen LogP contribution in [0.15, 0.2) is 12.2 Å². The van der Waals surface area contributed by atoms with Crippen LogP contribution < -0.4 is 0 Å².